The van der Waals surface area contributed by atoms with E-state index in [0.717, 1.165) is 52.2 Å². The van der Waals surface area contributed by atoms with E-state index in [-0.39, 0.29) is 0 Å². The second-order valence-corrected chi connectivity index (χ2v) is 8.54. The lowest BCUT2D eigenvalue weighted by Crippen LogP contribution is -2.39. The summed E-state index contributed by atoms with van der Waals surface area (Å²) in [6.45, 7) is 7.52. The number of halogens is 3. The molecule has 0 amide bonds. The number of nitrogens with zero attached hydrogens (tertiary/aromatic N) is 4. The first-order valence-electron chi connectivity index (χ1n) is 9.05. The first-order chi connectivity index (χ1) is 12.4. The molecule has 9 heteroatoms. The lowest BCUT2D eigenvalue weighted by molar-refractivity contribution is -0.145. The molecule has 3 saturated heterocycles. The Labute approximate surface area is 155 Å². The summed E-state index contributed by atoms with van der Waals surface area (Å²) in [6, 6.07) is 0.654. The fourth-order valence-corrected chi connectivity index (χ4v) is 5.32. The molecule has 0 N–H and O–H groups in total. The monoisotopic (exact) mass is 388 g/mol. The summed E-state index contributed by atoms with van der Waals surface area (Å²) in [5, 5.41) is 0. The number of aryl methyl sites for hydroxylation is 1. The van der Waals surface area contributed by atoms with Crippen LogP contribution in [0.4, 0.5) is 13.2 Å². The molecule has 144 valence electrons. The SMILES string of the molecule is Cc1nc(C(F)(F)F)ncc1SN1CC2CN(C3CCOCC3)C[C@@H]2C1. The number of aromatic nitrogens is 2. The van der Waals surface area contributed by atoms with Gasteiger partial charge in [0, 0.05) is 51.6 Å². The van der Waals surface area contributed by atoms with Crippen LogP contribution in [-0.2, 0) is 10.9 Å². The standard InChI is InChI=1S/C17H23F3N4OS/c1-11-15(6-21-16(22-11)17(18,19)20)26-24-9-12-7-23(8-13(12)10-24)14-2-4-25-5-3-14/h6,12-14H,2-5,7-10H2,1H3/t12-,13?/m1/s1. The Balaban J connectivity index is 1.34. The van der Waals surface area contributed by atoms with Crippen LogP contribution in [-0.4, -0.2) is 64.6 Å². The fourth-order valence-electron chi connectivity index (χ4n) is 4.23. The first kappa shape index (κ1) is 18.5. The third-order valence-electron chi connectivity index (χ3n) is 5.60. The molecule has 0 bridgehead atoms. The van der Waals surface area contributed by atoms with E-state index in [9.17, 15) is 13.2 Å². The largest absolute Gasteiger partial charge is 0.451 e. The number of fused-ring (bicyclic) bond motifs is 1. The normalized spacial score (nSPS) is 28.6. The minimum absolute atomic E-state index is 0.387. The fraction of sp³-hybridized carbons (Fsp3) is 0.765. The number of hydrogen-bond donors (Lipinski definition) is 0. The maximum atomic E-state index is 12.7. The summed E-state index contributed by atoms with van der Waals surface area (Å²) in [5.74, 6) is 0.215. The molecule has 0 radical (unpaired) electrons. The highest BCUT2D eigenvalue weighted by Crippen LogP contribution is 2.39. The molecule has 1 aromatic rings. The second-order valence-electron chi connectivity index (χ2n) is 7.40. The summed E-state index contributed by atoms with van der Waals surface area (Å²) in [6.07, 6.45) is -0.940. The van der Waals surface area contributed by atoms with Gasteiger partial charge in [-0.25, -0.2) is 14.3 Å². The van der Waals surface area contributed by atoms with Crippen LogP contribution in [0.5, 0.6) is 0 Å². The molecule has 5 nitrogen and oxygen atoms in total. The van der Waals surface area contributed by atoms with E-state index in [1.807, 2.05) is 0 Å². The van der Waals surface area contributed by atoms with Crippen molar-refractivity contribution in [1.29, 1.82) is 0 Å². The molecular formula is C17H23F3N4OS. The molecule has 3 aliphatic heterocycles. The number of ether oxygens (including phenoxy) is 1. The van der Waals surface area contributed by atoms with E-state index in [0.29, 0.717) is 28.5 Å². The van der Waals surface area contributed by atoms with Crippen molar-refractivity contribution in [3.05, 3.63) is 17.7 Å². The lowest BCUT2D eigenvalue weighted by atomic mass is 10.0. The summed E-state index contributed by atoms with van der Waals surface area (Å²) in [5.41, 5.74) is 0.387. The maximum Gasteiger partial charge on any atom is 0.451 e. The molecule has 1 aromatic heterocycles. The predicted molar refractivity (Wildman–Crippen MR) is 91.6 cm³/mol. The number of alkyl halides is 3. The van der Waals surface area contributed by atoms with Crippen molar-refractivity contribution < 1.29 is 17.9 Å². The van der Waals surface area contributed by atoms with E-state index in [1.165, 1.54) is 18.1 Å². The molecular weight excluding hydrogens is 365 g/mol. The molecule has 4 heterocycles. The van der Waals surface area contributed by atoms with Crippen molar-refractivity contribution in [3.8, 4) is 0 Å². The summed E-state index contributed by atoms with van der Waals surface area (Å²) < 4.78 is 45.8. The zero-order chi connectivity index (χ0) is 18.3. The number of hydrogen-bond acceptors (Lipinski definition) is 6. The van der Waals surface area contributed by atoms with Gasteiger partial charge in [-0.3, -0.25) is 4.90 Å². The molecule has 2 atom stereocenters. The smallest absolute Gasteiger partial charge is 0.381 e. The minimum atomic E-state index is -4.49. The van der Waals surface area contributed by atoms with Gasteiger partial charge in [0.15, 0.2) is 0 Å². The Kier molecular flexibility index (Phi) is 5.15. The molecule has 26 heavy (non-hydrogen) atoms. The molecule has 3 fully saturated rings. The first-order valence-corrected chi connectivity index (χ1v) is 9.83. The molecule has 0 aliphatic carbocycles. The zero-order valence-corrected chi connectivity index (χ0v) is 15.5. The van der Waals surface area contributed by atoms with Gasteiger partial charge in [0.05, 0.1) is 10.6 Å². The second kappa shape index (κ2) is 7.26. The van der Waals surface area contributed by atoms with Crippen LogP contribution in [0.2, 0.25) is 0 Å². The third kappa shape index (κ3) is 3.85. The number of likely N-dealkylation sites (tertiary alicyclic amines) is 1. The van der Waals surface area contributed by atoms with Crippen LogP contribution in [0.3, 0.4) is 0 Å². The highest BCUT2D eigenvalue weighted by atomic mass is 32.2. The Morgan fingerprint density at radius 1 is 1.12 bits per heavy atom. The molecule has 4 rings (SSSR count). The van der Waals surface area contributed by atoms with E-state index < -0.39 is 12.0 Å². The topological polar surface area (TPSA) is 41.5 Å². The van der Waals surface area contributed by atoms with Crippen LogP contribution in [0, 0.1) is 18.8 Å². The summed E-state index contributed by atoms with van der Waals surface area (Å²) in [7, 11) is 0. The predicted octanol–water partition coefficient (Wildman–Crippen LogP) is 2.85. The van der Waals surface area contributed by atoms with E-state index >= 15 is 0 Å². The summed E-state index contributed by atoms with van der Waals surface area (Å²) >= 11 is 1.49. The van der Waals surface area contributed by atoms with Gasteiger partial charge in [0.25, 0.3) is 0 Å². The lowest BCUT2D eigenvalue weighted by Gasteiger charge is -2.32. The highest BCUT2D eigenvalue weighted by molar-refractivity contribution is 7.97. The van der Waals surface area contributed by atoms with Gasteiger partial charge in [-0.1, -0.05) is 0 Å². The zero-order valence-electron chi connectivity index (χ0n) is 14.7. The van der Waals surface area contributed by atoms with Gasteiger partial charge in [-0.2, -0.15) is 13.2 Å². The van der Waals surface area contributed by atoms with Gasteiger partial charge in [0.1, 0.15) is 0 Å². The maximum absolute atomic E-state index is 12.7. The Morgan fingerprint density at radius 2 is 1.77 bits per heavy atom. The molecule has 3 aliphatic rings. The van der Waals surface area contributed by atoms with Crippen LogP contribution >= 0.6 is 11.9 Å². The van der Waals surface area contributed by atoms with Crippen LogP contribution in [0.25, 0.3) is 0 Å². The highest BCUT2D eigenvalue weighted by Gasteiger charge is 2.42. The molecule has 0 aromatic carbocycles. The summed E-state index contributed by atoms with van der Waals surface area (Å²) in [4.78, 5) is 10.4. The Morgan fingerprint density at radius 3 is 2.35 bits per heavy atom. The Bertz CT molecular complexity index is 639. The quantitative estimate of drug-likeness (QED) is 0.742. The third-order valence-corrected chi connectivity index (χ3v) is 6.76. The number of rotatable bonds is 3. The van der Waals surface area contributed by atoms with E-state index in [1.54, 1.807) is 6.92 Å². The van der Waals surface area contributed by atoms with Gasteiger partial charge < -0.3 is 4.74 Å². The van der Waals surface area contributed by atoms with Crippen molar-refractivity contribution >= 4 is 11.9 Å². The van der Waals surface area contributed by atoms with Gasteiger partial charge in [0.2, 0.25) is 5.82 Å². The van der Waals surface area contributed by atoms with Crippen molar-refractivity contribution in [2.75, 3.05) is 39.4 Å². The Hall–Kier alpha value is -0.900. The molecule has 0 saturated carbocycles. The van der Waals surface area contributed by atoms with Crippen LogP contribution in [0.15, 0.2) is 11.1 Å². The van der Waals surface area contributed by atoms with Crippen LogP contribution in [0.1, 0.15) is 24.4 Å². The van der Waals surface area contributed by atoms with Crippen molar-refractivity contribution in [2.45, 2.75) is 36.9 Å². The van der Waals surface area contributed by atoms with Gasteiger partial charge in [-0.05, 0) is 43.5 Å². The molecule has 1 unspecified atom stereocenters. The van der Waals surface area contributed by atoms with Crippen molar-refractivity contribution in [2.24, 2.45) is 11.8 Å². The minimum Gasteiger partial charge on any atom is -0.381 e. The van der Waals surface area contributed by atoms with Crippen molar-refractivity contribution in [3.63, 3.8) is 0 Å². The van der Waals surface area contributed by atoms with E-state index in [2.05, 4.69) is 19.2 Å². The average molecular weight is 388 g/mol. The van der Waals surface area contributed by atoms with E-state index in [4.69, 9.17) is 4.74 Å². The van der Waals surface area contributed by atoms with Gasteiger partial charge in [-0.15, -0.1) is 0 Å². The van der Waals surface area contributed by atoms with Crippen molar-refractivity contribution in [1.82, 2.24) is 19.2 Å². The molecule has 0 spiro atoms. The van der Waals surface area contributed by atoms with Gasteiger partial charge >= 0.3 is 6.18 Å². The average Bonchev–Trinajstić information content (AvgIpc) is 3.15. The van der Waals surface area contributed by atoms with Crippen LogP contribution < -0.4 is 0 Å².